The Bertz CT molecular complexity index is 850. The summed E-state index contributed by atoms with van der Waals surface area (Å²) in [6.07, 6.45) is -2.32. The van der Waals surface area contributed by atoms with Gasteiger partial charge in [-0.25, -0.2) is 0 Å². The minimum absolute atomic E-state index is 0.0868. The Morgan fingerprint density at radius 1 is 1.28 bits per heavy atom. The van der Waals surface area contributed by atoms with Gasteiger partial charge in [-0.1, -0.05) is 18.2 Å². The fourth-order valence-corrected chi connectivity index (χ4v) is 4.08. The maximum Gasteiger partial charge on any atom is 0.391 e. The highest BCUT2D eigenvalue weighted by atomic mass is 19.4. The number of amides is 1. The van der Waals surface area contributed by atoms with Crippen LogP contribution in [0.3, 0.4) is 0 Å². The zero-order chi connectivity index (χ0) is 21.1. The summed E-state index contributed by atoms with van der Waals surface area (Å²) in [7, 11) is 1.59. The molecule has 1 saturated heterocycles. The molecule has 1 aromatic heterocycles. The van der Waals surface area contributed by atoms with Crippen molar-refractivity contribution in [3.63, 3.8) is 0 Å². The molecule has 0 radical (unpaired) electrons. The molecule has 1 aliphatic heterocycles. The van der Waals surface area contributed by atoms with Crippen molar-refractivity contribution in [2.45, 2.75) is 44.3 Å². The van der Waals surface area contributed by atoms with Crippen molar-refractivity contribution in [1.29, 1.82) is 0 Å². The molecule has 0 spiro atoms. The summed E-state index contributed by atoms with van der Waals surface area (Å²) in [6.45, 7) is 2.83. The van der Waals surface area contributed by atoms with Gasteiger partial charge in [0.1, 0.15) is 0 Å². The lowest BCUT2D eigenvalue weighted by Gasteiger charge is -2.38. The molecule has 3 rings (SSSR count). The number of carbonyl (C=O) groups is 1. The van der Waals surface area contributed by atoms with Crippen LogP contribution >= 0.6 is 0 Å². The van der Waals surface area contributed by atoms with E-state index >= 15 is 0 Å². The van der Waals surface area contributed by atoms with Crippen LogP contribution < -0.4 is 5.32 Å². The van der Waals surface area contributed by atoms with Crippen LogP contribution in [0.15, 0.2) is 36.5 Å². The number of halogens is 3. The van der Waals surface area contributed by atoms with Gasteiger partial charge in [-0.2, -0.15) is 18.2 Å². The van der Waals surface area contributed by atoms with Gasteiger partial charge in [0, 0.05) is 30.2 Å². The number of pyridine rings is 1. The van der Waals surface area contributed by atoms with Gasteiger partial charge in [0.15, 0.2) is 0 Å². The van der Waals surface area contributed by atoms with E-state index in [-0.39, 0.29) is 17.9 Å². The topological polar surface area (TPSA) is 54.5 Å². The molecule has 1 aliphatic rings. The van der Waals surface area contributed by atoms with E-state index < -0.39 is 24.0 Å². The first-order valence-corrected chi connectivity index (χ1v) is 9.70. The Morgan fingerprint density at radius 3 is 2.62 bits per heavy atom. The predicted molar refractivity (Wildman–Crippen MR) is 104 cm³/mol. The second-order valence-corrected chi connectivity index (χ2v) is 7.98. The number of nitrogens with zero attached hydrogens (tertiary/aromatic N) is 2. The van der Waals surface area contributed by atoms with Gasteiger partial charge in [0.25, 0.3) is 5.91 Å². The minimum Gasteiger partial charge on any atom is -0.346 e. The highest BCUT2D eigenvalue weighted by Crippen LogP contribution is 2.35. The van der Waals surface area contributed by atoms with Gasteiger partial charge in [-0.3, -0.25) is 9.78 Å². The smallest absolute Gasteiger partial charge is 0.346 e. The highest BCUT2D eigenvalue weighted by Gasteiger charge is 2.42. The molecule has 1 amide bonds. The Hall–Kier alpha value is -2.19. The molecule has 158 valence electrons. The molecular weight excluding hydrogens is 383 g/mol. The fraction of sp³-hybridized carbons (Fsp3) is 0.524. The molecule has 1 unspecified atom stereocenters. The standard InChI is InChI=1S/C21H26F3N3O2/c1-20(14-21(22,23)24,12-15-7-9-27(29-2)10-8-15)26-19(28)17-11-16-5-3-4-6-18(16)25-13-17/h3-6,11,13,15H,7-10,12,14H2,1-2H3,(H,26,28). The first-order chi connectivity index (χ1) is 13.7. The normalized spacial score (nSPS) is 18.5. The number of para-hydroxylation sites is 1. The van der Waals surface area contributed by atoms with Gasteiger partial charge in [-0.15, -0.1) is 0 Å². The lowest BCUT2D eigenvalue weighted by Crippen LogP contribution is -2.50. The van der Waals surface area contributed by atoms with E-state index in [0.29, 0.717) is 13.1 Å². The number of alkyl halides is 3. The summed E-state index contributed by atoms with van der Waals surface area (Å²) in [5.74, 6) is -0.451. The minimum atomic E-state index is -4.38. The van der Waals surface area contributed by atoms with Crippen LogP contribution in [0.4, 0.5) is 13.2 Å². The molecule has 1 fully saturated rings. The molecule has 0 saturated carbocycles. The van der Waals surface area contributed by atoms with Crippen LogP contribution in [0.2, 0.25) is 0 Å². The molecule has 5 nitrogen and oxygen atoms in total. The second kappa shape index (κ2) is 8.67. The van der Waals surface area contributed by atoms with Crippen LogP contribution in [0.5, 0.6) is 0 Å². The van der Waals surface area contributed by atoms with E-state index in [9.17, 15) is 18.0 Å². The Labute approximate surface area is 168 Å². The average Bonchev–Trinajstić information content (AvgIpc) is 2.66. The van der Waals surface area contributed by atoms with Gasteiger partial charge in [0.05, 0.1) is 24.6 Å². The Kier molecular flexibility index (Phi) is 6.43. The van der Waals surface area contributed by atoms with Gasteiger partial charge >= 0.3 is 6.18 Å². The molecule has 8 heteroatoms. The third-order valence-corrected chi connectivity index (χ3v) is 5.43. The quantitative estimate of drug-likeness (QED) is 0.771. The molecule has 0 aliphatic carbocycles. The van der Waals surface area contributed by atoms with Gasteiger partial charge in [0.2, 0.25) is 0 Å². The Balaban J connectivity index is 1.75. The zero-order valence-corrected chi connectivity index (χ0v) is 16.6. The predicted octanol–water partition coefficient (Wildman–Crippen LogP) is 4.34. The maximum absolute atomic E-state index is 13.3. The summed E-state index contributed by atoms with van der Waals surface area (Å²) < 4.78 is 39.9. The first kappa shape index (κ1) is 21.5. The summed E-state index contributed by atoms with van der Waals surface area (Å²) in [5.41, 5.74) is -0.403. The van der Waals surface area contributed by atoms with E-state index in [4.69, 9.17) is 4.84 Å². The molecular formula is C21H26F3N3O2. The van der Waals surface area contributed by atoms with E-state index in [2.05, 4.69) is 10.3 Å². The lowest BCUT2D eigenvalue weighted by atomic mass is 9.81. The number of aromatic nitrogens is 1. The number of piperidine rings is 1. The summed E-state index contributed by atoms with van der Waals surface area (Å²) in [6, 6.07) is 8.95. The van der Waals surface area contributed by atoms with Crippen LogP contribution in [0.25, 0.3) is 10.9 Å². The van der Waals surface area contributed by atoms with Crippen molar-refractivity contribution in [3.05, 3.63) is 42.1 Å². The summed E-state index contributed by atoms with van der Waals surface area (Å²) in [4.78, 5) is 22.2. The van der Waals surface area contributed by atoms with Crippen LogP contribution in [-0.4, -0.2) is 47.9 Å². The van der Waals surface area contributed by atoms with Crippen LogP contribution in [0, 0.1) is 5.92 Å². The van der Waals surface area contributed by atoms with Crippen LogP contribution in [0.1, 0.15) is 43.0 Å². The fourth-order valence-electron chi connectivity index (χ4n) is 4.08. The summed E-state index contributed by atoms with van der Waals surface area (Å²) in [5, 5.41) is 5.23. The van der Waals surface area contributed by atoms with Crippen molar-refractivity contribution in [2.75, 3.05) is 20.2 Å². The van der Waals surface area contributed by atoms with Crippen molar-refractivity contribution < 1.29 is 22.8 Å². The lowest BCUT2D eigenvalue weighted by molar-refractivity contribution is -0.157. The molecule has 1 N–H and O–H groups in total. The number of rotatable bonds is 6. The van der Waals surface area contributed by atoms with Gasteiger partial charge < -0.3 is 10.2 Å². The van der Waals surface area contributed by atoms with Gasteiger partial charge in [-0.05, 0) is 44.2 Å². The number of hydrogen-bond acceptors (Lipinski definition) is 4. The monoisotopic (exact) mass is 409 g/mol. The molecule has 2 heterocycles. The number of hydroxylamine groups is 2. The molecule has 29 heavy (non-hydrogen) atoms. The van der Waals surface area contributed by atoms with Crippen molar-refractivity contribution in [1.82, 2.24) is 15.4 Å². The number of benzene rings is 1. The van der Waals surface area contributed by atoms with E-state index in [1.54, 1.807) is 18.2 Å². The highest BCUT2D eigenvalue weighted by molar-refractivity contribution is 5.97. The molecule has 2 aromatic rings. The molecule has 0 bridgehead atoms. The largest absolute Gasteiger partial charge is 0.391 e. The first-order valence-electron chi connectivity index (χ1n) is 9.70. The van der Waals surface area contributed by atoms with Crippen molar-refractivity contribution in [3.8, 4) is 0 Å². The third kappa shape index (κ3) is 5.90. The van der Waals surface area contributed by atoms with E-state index in [1.807, 2.05) is 24.3 Å². The van der Waals surface area contributed by atoms with Crippen LogP contribution in [-0.2, 0) is 4.84 Å². The Morgan fingerprint density at radius 2 is 1.97 bits per heavy atom. The van der Waals surface area contributed by atoms with E-state index in [0.717, 1.165) is 23.7 Å². The number of hydrogen-bond donors (Lipinski definition) is 1. The summed E-state index contributed by atoms with van der Waals surface area (Å²) >= 11 is 0. The number of fused-ring (bicyclic) bond motifs is 1. The SMILES string of the molecule is CON1CCC(CC(C)(CC(F)(F)F)NC(=O)c2cnc3ccccc3c2)CC1. The third-order valence-electron chi connectivity index (χ3n) is 5.43. The number of carbonyl (C=O) groups excluding carboxylic acids is 1. The maximum atomic E-state index is 13.3. The van der Waals surface area contributed by atoms with Crippen molar-refractivity contribution in [2.24, 2.45) is 5.92 Å². The molecule has 1 atom stereocenters. The average molecular weight is 409 g/mol. The number of nitrogens with one attached hydrogen (secondary N) is 1. The second-order valence-electron chi connectivity index (χ2n) is 7.98. The molecule has 1 aromatic carbocycles. The zero-order valence-electron chi connectivity index (χ0n) is 16.6. The van der Waals surface area contributed by atoms with Crippen molar-refractivity contribution >= 4 is 16.8 Å². The van der Waals surface area contributed by atoms with E-state index in [1.165, 1.54) is 13.1 Å².